The second-order valence-electron chi connectivity index (χ2n) is 5.17. The summed E-state index contributed by atoms with van der Waals surface area (Å²) >= 11 is 1.30. The molecule has 1 N–H and O–H groups in total. The minimum absolute atomic E-state index is 0.0327. The summed E-state index contributed by atoms with van der Waals surface area (Å²) in [5.41, 5.74) is 1.12. The molecule has 1 saturated carbocycles. The maximum Gasteiger partial charge on any atom is 0.277 e. The van der Waals surface area contributed by atoms with Gasteiger partial charge in [0, 0.05) is 6.04 Å². The van der Waals surface area contributed by atoms with Crippen molar-refractivity contribution >= 4 is 17.7 Å². The maximum absolute atomic E-state index is 11.9. The molecular formula is C15H17N3O2S. The summed E-state index contributed by atoms with van der Waals surface area (Å²) in [5, 5.41) is 11.2. The topological polar surface area (TPSA) is 68.0 Å². The third-order valence-corrected chi connectivity index (χ3v) is 4.15. The number of nitrogens with zero attached hydrogens (tertiary/aromatic N) is 2. The van der Waals surface area contributed by atoms with E-state index in [1.165, 1.54) is 11.8 Å². The first-order valence-electron chi connectivity index (χ1n) is 7.04. The van der Waals surface area contributed by atoms with Crippen molar-refractivity contribution in [1.82, 2.24) is 15.5 Å². The molecule has 1 aliphatic rings. The monoisotopic (exact) mass is 303 g/mol. The minimum Gasteiger partial charge on any atom is -0.416 e. The van der Waals surface area contributed by atoms with E-state index in [9.17, 15) is 4.79 Å². The van der Waals surface area contributed by atoms with Gasteiger partial charge in [0.2, 0.25) is 11.8 Å². The van der Waals surface area contributed by atoms with Crippen LogP contribution in [0.1, 0.15) is 31.2 Å². The largest absolute Gasteiger partial charge is 0.416 e. The van der Waals surface area contributed by atoms with E-state index >= 15 is 0 Å². The number of thioether (sulfide) groups is 1. The van der Waals surface area contributed by atoms with Gasteiger partial charge in [-0.2, -0.15) is 0 Å². The van der Waals surface area contributed by atoms with Gasteiger partial charge in [-0.05, 0) is 25.3 Å². The highest BCUT2D eigenvalue weighted by Crippen LogP contribution is 2.24. The molecule has 110 valence electrons. The van der Waals surface area contributed by atoms with E-state index in [0.29, 0.717) is 23.6 Å². The summed E-state index contributed by atoms with van der Waals surface area (Å²) in [6, 6.07) is 10.3. The summed E-state index contributed by atoms with van der Waals surface area (Å²) in [6.07, 6.45) is 2.78. The second-order valence-corrected chi connectivity index (χ2v) is 6.46. The number of nitrogens with one attached hydrogen (secondary N) is 1. The Morgan fingerprint density at radius 3 is 2.86 bits per heavy atom. The van der Waals surface area contributed by atoms with Crippen molar-refractivity contribution in [2.24, 2.45) is 0 Å². The van der Waals surface area contributed by atoms with Gasteiger partial charge < -0.3 is 9.73 Å². The number of hydrogen-bond donors (Lipinski definition) is 1. The molecule has 1 heterocycles. The van der Waals surface area contributed by atoms with Gasteiger partial charge in [0.05, 0.1) is 11.7 Å². The molecule has 3 rings (SSSR count). The third-order valence-electron chi connectivity index (χ3n) is 3.22. The van der Waals surface area contributed by atoms with E-state index < -0.39 is 0 Å². The molecule has 5 nitrogen and oxygen atoms in total. The van der Waals surface area contributed by atoms with Gasteiger partial charge >= 0.3 is 0 Å². The first-order chi connectivity index (χ1) is 10.2. The van der Waals surface area contributed by atoms with Gasteiger partial charge in [-0.15, -0.1) is 10.2 Å². The lowest BCUT2D eigenvalue weighted by molar-refractivity contribution is -0.120. The van der Waals surface area contributed by atoms with Gasteiger partial charge in [-0.3, -0.25) is 4.79 Å². The van der Waals surface area contributed by atoms with E-state index in [0.717, 1.165) is 18.4 Å². The summed E-state index contributed by atoms with van der Waals surface area (Å²) in [4.78, 5) is 11.9. The molecule has 0 unspecified atom stereocenters. The molecule has 1 atom stereocenters. The van der Waals surface area contributed by atoms with Crippen LogP contribution in [-0.2, 0) is 11.2 Å². The number of hydrogen-bond acceptors (Lipinski definition) is 5. The van der Waals surface area contributed by atoms with Gasteiger partial charge in [0.25, 0.3) is 5.22 Å². The van der Waals surface area contributed by atoms with Crippen molar-refractivity contribution in [2.75, 3.05) is 0 Å². The Kier molecular flexibility index (Phi) is 4.24. The van der Waals surface area contributed by atoms with E-state index in [1.54, 1.807) is 0 Å². The van der Waals surface area contributed by atoms with Gasteiger partial charge in [-0.25, -0.2) is 0 Å². The zero-order valence-corrected chi connectivity index (χ0v) is 12.6. The molecule has 2 aromatic rings. The van der Waals surface area contributed by atoms with Gasteiger partial charge in [0.15, 0.2) is 0 Å². The highest BCUT2D eigenvalue weighted by molar-refractivity contribution is 8.00. The standard InChI is InChI=1S/C15H17N3O2S/c1-10(14(19)16-12-7-8-12)21-15-18-17-13(20-15)9-11-5-3-2-4-6-11/h2-6,10,12H,7-9H2,1H3,(H,16,19)/t10-/m1/s1. The minimum atomic E-state index is -0.226. The fraction of sp³-hybridized carbons (Fsp3) is 0.400. The number of carbonyl (C=O) groups excluding carboxylic acids is 1. The van der Waals surface area contributed by atoms with Crippen LogP contribution >= 0.6 is 11.8 Å². The molecule has 6 heteroatoms. The molecular weight excluding hydrogens is 286 g/mol. The lowest BCUT2D eigenvalue weighted by Gasteiger charge is -2.08. The maximum atomic E-state index is 11.9. The molecule has 0 radical (unpaired) electrons. The van der Waals surface area contributed by atoms with Crippen LogP contribution in [0, 0.1) is 0 Å². The van der Waals surface area contributed by atoms with Crippen LogP contribution in [0.15, 0.2) is 40.0 Å². The summed E-state index contributed by atoms with van der Waals surface area (Å²) < 4.78 is 5.59. The molecule has 21 heavy (non-hydrogen) atoms. The van der Waals surface area contributed by atoms with E-state index in [1.807, 2.05) is 37.3 Å². The van der Waals surface area contributed by atoms with Gasteiger partial charge in [-0.1, -0.05) is 42.1 Å². The fourth-order valence-electron chi connectivity index (χ4n) is 1.88. The number of amides is 1. The Morgan fingerprint density at radius 2 is 2.14 bits per heavy atom. The van der Waals surface area contributed by atoms with Gasteiger partial charge in [0.1, 0.15) is 0 Å². The number of aromatic nitrogens is 2. The van der Waals surface area contributed by atoms with E-state index in [4.69, 9.17) is 4.42 Å². The number of rotatable bonds is 6. The lowest BCUT2D eigenvalue weighted by atomic mass is 10.2. The van der Waals surface area contributed by atoms with Crippen molar-refractivity contribution < 1.29 is 9.21 Å². The van der Waals surface area contributed by atoms with Crippen LogP contribution < -0.4 is 5.32 Å². The number of carbonyl (C=O) groups is 1. The van der Waals surface area contributed by atoms with Crippen molar-refractivity contribution in [3.63, 3.8) is 0 Å². The second kappa shape index (κ2) is 6.30. The molecule has 0 aliphatic heterocycles. The highest BCUT2D eigenvalue weighted by atomic mass is 32.2. The molecule has 0 saturated heterocycles. The smallest absolute Gasteiger partial charge is 0.277 e. The van der Waals surface area contributed by atoms with Crippen LogP contribution in [0.4, 0.5) is 0 Å². The Balaban J connectivity index is 1.55. The first kappa shape index (κ1) is 14.1. The van der Waals surface area contributed by atoms with Crippen LogP contribution in [0.25, 0.3) is 0 Å². The Morgan fingerprint density at radius 1 is 1.38 bits per heavy atom. The predicted octanol–water partition coefficient (Wildman–Crippen LogP) is 2.42. The number of benzene rings is 1. The van der Waals surface area contributed by atoms with Crippen molar-refractivity contribution in [2.45, 2.75) is 42.7 Å². The quantitative estimate of drug-likeness (QED) is 0.830. The normalized spacial score (nSPS) is 15.7. The third kappa shape index (κ3) is 4.07. The summed E-state index contributed by atoms with van der Waals surface area (Å²) in [5.74, 6) is 0.601. The molecule has 1 aliphatic carbocycles. The van der Waals surface area contributed by atoms with Crippen LogP contribution in [-0.4, -0.2) is 27.4 Å². The molecule has 0 bridgehead atoms. The summed E-state index contributed by atoms with van der Waals surface area (Å²) in [6.45, 7) is 1.85. The molecule has 1 amide bonds. The molecule has 1 aromatic heterocycles. The van der Waals surface area contributed by atoms with Crippen molar-refractivity contribution in [3.05, 3.63) is 41.8 Å². The Labute approximate surface area is 127 Å². The molecule has 1 fully saturated rings. The van der Waals surface area contributed by atoms with Crippen molar-refractivity contribution in [1.29, 1.82) is 0 Å². The van der Waals surface area contributed by atoms with Crippen molar-refractivity contribution in [3.8, 4) is 0 Å². The lowest BCUT2D eigenvalue weighted by Crippen LogP contribution is -2.32. The Hall–Kier alpha value is -1.82. The Bertz CT molecular complexity index is 610. The average molecular weight is 303 g/mol. The van der Waals surface area contributed by atoms with Crippen LogP contribution in [0.3, 0.4) is 0 Å². The zero-order valence-electron chi connectivity index (χ0n) is 11.8. The van der Waals surface area contributed by atoms with Crippen LogP contribution in [0.5, 0.6) is 0 Å². The van der Waals surface area contributed by atoms with E-state index in [2.05, 4.69) is 15.5 Å². The SMILES string of the molecule is C[C@@H](Sc1nnc(Cc2ccccc2)o1)C(=O)NC1CC1. The van der Waals surface area contributed by atoms with Crippen LogP contribution in [0.2, 0.25) is 0 Å². The zero-order chi connectivity index (χ0) is 14.7. The first-order valence-corrected chi connectivity index (χ1v) is 7.92. The highest BCUT2D eigenvalue weighted by Gasteiger charge is 2.26. The fourth-order valence-corrected chi connectivity index (χ4v) is 2.59. The molecule has 0 spiro atoms. The summed E-state index contributed by atoms with van der Waals surface area (Å²) in [7, 11) is 0. The average Bonchev–Trinajstić information content (AvgIpc) is 3.19. The predicted molar refractivity (Wildman–Crippen MR) is 80.0 cm³/mol. The van der Waals surface area contributed by atoms with E-state index in [-0.39, 0.29) is 11.2 Å². The molecule has 1 aromatic carbocycles.